The summed E-state index contributed by atoms with van der Waals surface area (Å²) in [6.45, 7) is 9.98. The summed E-state index contributed by atoms with van der Waals surface area (Å²) in [5.41, 5.74) is 0.109. The first kappa shape index (κ1) is 31.4. The van der Waals surface area contributed by atoms with Crippen LogP contribution in [0, 0.1) is 17.2 Å². The zero-order chi connectivity index (χ0) is 28.3. The number of nitriles is 1. The molecule has 8 nitrogen and oxygen atoms in total. The molecule has 3 atom stereocenters. The fraction of sp³-hybridized carbons (Fsp3) is 0.655. The van der Waals surface area contributed by atoms with Crippen molar-refractivity contribution in [1.29, 1.82) is 5.26 Å². The number of alkyl carbamates (subject to hydrolysis) is 1. The number of halogens is 1. The van der Waals surface area contributed by atoms with E-state index in [-0.39, 0.29) is 30.4 Å². The molecule has 9 heteroatoms. The maximum absolute atomic E-state index is 13.2. The van der Waals surface area contributed by atoms with Crippen LogP contribution in [-0.2, 0) is 19.7 Å². The fourth-order valence-electron chi connectivity index (χ4n) is 4.73. The summed E-state index contributed by atoms with van der Waals surface area (Å²) >= 11 is 6.12. The largest absolute Gasteiger partial charge is 0.449 e. The zero-order valence-corrected chi connectivity index (χ0v) is 24.1. The van der Waals surface area contributed by atoms with E-state index < -0.39 is 29.5 Å². The number of benzene rings is 1. The Morgan fingerprint density at radius 3 is 2.55 bits per heavy atom. The molecule has 3 amide bonds. The van der Waals surface area contributed by atoms with Gasteiger partial charge in [0.2, 0.25) is 11.8 Å². The predicted octanol–water partition coefficient (Wildman–Crippen LogP) is 5.39. The number of ether oxygens (including phenoxy) is 1. The van der Waals surface area contributed by atoms with E-state index in [1.54, 1.807) is 6.07 Å². The Kier molecular flexibility index (Phi) is 11.9. The molecule has 1 aliphatic heterocycles. The van der Waals surface area contributed by atoms with Crippen molar-refractivity contribution >= 4 is 29.5 Å². The van der Waals surface area contributed by atoms with Crippen LogP contribution < -0.4 is 16.0 Å². The van der Waals surface area contributed by atoms with Gasteiger partial charge in [-0.25, -0.2) is 4.79 Å². The van der Waals surface area contributed by atoms with Crippen molar-refractivity contribution in [2.75, 3.05) is 6.61 Å². The molecule has 210 valence electrons. The van der Waals surface area contributed by atoms with E-state index in [2.05, 4.69) is 28.9 Å². The van der Waals surface area contributed by atoms with Crippen molar-refractivity contribution in [3.05, 3.63) is 34.9 Å². The van der Waals surface area contributed by atoms with E-state index in [9.17, 15) is 19.6 Å². The van der Waals surface area contributed by atoms with Gasteiger partial charge in [-0.15, -0.1) is 0 Å². The third-order valence-corrected chi connectivity index (χ3v) is 7.19. The number of amides is 3. The first-order chi connectivity index (χ1) is 17.9. The molecular weight excluding hydrogens is 504 g/mol. The van der Waals surface area contributed by atoms with E-state index in [1.165, 1.54) is 0 Å². The minimum Gasteiger partial charge on any atom is -0.449 e. The summed E-state index contributed by atoms with van der Waals surface area (Å²) in [7, 11) is 0. The fourth-order valence-corrected chi connectivity index (χ4v) is 4.92. The average molecular weight is 547 g/mol. The van der Waals surface area contributed by atoms with E-state index in [0.29, 0.717) is 17.9 Å². The van der Waals surface area contributed by atoms with Crippen LogP contribution in [0.3, 0.4) is 0 Å². The summed E-state index contributed by atoms with van der Waals surface area (Å²) in [5, 5.41) is 18.6. The number of nitrogens with one attached hydrogen (secondary N) is 3. The minimum absolute atomic E-state index is 0.0947. The number of hydrogen-bond donors (Lipinski definition) is 3. The average Bonchev–Trinajstić information content (AvgIpc) is 3.11. The Labute approximate surface area is 232 Å². The lowest BCUT2D eigenvalue weighted by Crippen LogP contribution is -2.50. The lowest BCUT2D eigenvalue weighted by Gasteiger charge is -2.26. The van der Waals surface area contributed by atoms with Gasteiger partial charge in [0.05, 0.1) is 6.07 Å². The predicted molar refractivity (Wildman–Crippen MR) is 149 cm³/mol. The summed E-state index contributed by atoms with van der Waals surface area (Å²) in [4.78, 5) is 38.2. The number of nitrogens with zero attached hydrogens (tertiary/aromatic N) is 1. The van der Waals surface area contributed by atoms with Gasteiger partial charge in [0.1, 0.15) is 18.7 Å². The van der Waals surface area contributed by atoms with Gasteiger partial charge in [-0.05, 0) is 50.8 Å². The molecule has 0 aliphatic carbocycles. The van der Waals surface area contributed by atoms with Crippen molar-refractivity contribution in [2.24, 2.45) is 5.92 Å². The minimum atomic E-state index is -0.844. The second-order valence-electron chi connectivity index (χ2n) is 11.6. The van der Waals surface area contributed by atoms with Gasteiger partial charge in [-0.1, -0.05) is 76.6 Å². The van der Waals surface area contributed by atoms with Crippen LogP contribution in [0.15, 0.2) is 24.3 Å². The maximum atomic E-state index is 13.2. The highest BCUT2D eigenvalue weighted by Gasteiger charge is 2.39. The van der Waals surface area contributed by atoms with Crippen LogP contribution >= 0.6 is 11.6 Å². The van der Waals surface area contributed by atoms with E-state index in [4.69, 9.17) is 16.3 Å². The van der Waals surface area contributed by atoms with Crippen LogP contribution in [0.2, 0.25) is 5.02 Å². The molecule has 0 spiro atoms. The van der Waals surface area contributed by atoms with Crippen molar-refractivity contribution in [3.63, 3.8) is 0 Å². The van der Waals surface area contributed by atoms with Gasteiger partial charge >= 0.3 is 6.09 Å². The normalized spacial score (nSPS) is 18.1. The number of carbonyl (C=O) groups excluding carboxylic acids is 3. The number of carbonyl (C=O) groups is 3. The van der Waals surface area contributed by atoms with Crippen LogP contribution in [0.5, 0.6) is 0 Å². The quantitative estimate of drug-likeness (QED) is 0.270. The lowest BCUT2D eigenvalue weighted by atomic mass is 9.86. The Hall–Kier alpha value is -2.79. The third-order valence-electron chi connectivity index (χ3n) is 6.96. The van der Waals surface area contributed by atoms with Crippen molar-refractivity contribution in [1.82, 2.24) is 16.0 Å². The number of rotatable bonds is 14. The molecule has 0 aromatic heterocycles. The van der Waals surface area contributed by atoms with Crippen LogP contribution in [-0.4, -0.2) is 42.1 Å². The molecule has 1 aromatic rings. The van der Waals surface area contributed by atoms with Gasteiger partial charge in [-0.2, -0.15) is 5.26 Å². The molecule has 3 N–H and O–H groups in total. The topological polar surface area (TPSA) is 120 Å². The van der Waals surface area contributed by atoms with Crippen molar-refractivity contribution in [2.45, 2.75) is 109 Å². The molecule has 1 unspecified atom stereocenters. The Bertz CT molecular complexity index is 1000. The molecule has 38 heavy (non-hydrogen) atoms. The summed E-state index contributed by atoms with van der Waals surface area (Å²) in [6.07, 6.45) is 5.51. The smallest absolute Gasteiger partial charge is 0.407 e. The number of unbranched alkanes of at least 4 members (excludes halogenated alkanes) is 4. The molecular formula is C29H43ClN4O4. The molecule has 1 saturated heterocycles. The molecule has 0 radical (unpaired) electrons. The molecule has 2 rings (SSSR count). The molecule has 1 heterocycles. The lowest BCUT2D eigenvalue weighted by molar-refractivity contribution is -0.125. The standard InChI is InChI=1S/C29H43ClN4O4/c1-6-7-8-9-10-14-24(26(36)32-23(18-31)15-20-17-29(4,5)34-25(20)35)33-27(37)38-19-28(2,3)21-12-11-13-22(30)16-21/h11-13,16,20,23-24H,6-10,14-15,17,19H2,1-5H3,(H,32,36)(H,33,37)(H,34,35)/t20?,23-,24-/m0/s1. The van der Waals surface area contributed by atoms with Crippen LogP contribution in [0.4, 0.5) is 4.79 Å². The van der Waals surface area contributed by atoms with E-state index >= 15 is 0 Å². The van der Waals surface area contributed by atoms with Gasteiger partial charge in [0.15, 0.2) is 0 Å². The summed E-state index contributed by atoms with van der Waals surface area (Å²) in [6, 6.07) is 7.81. The highest BCUT2D eigenvalue weighted by Crippen LogP contribution is 2.28. The second kappa shape index (κ2) is 14.4. The van der Waals surface area contributed by atoms with Gasteiger partial charge in [0, 0.05) is 21.9 Å². The monoisotopic (exact) mass is 546 g/mol. The molecule has 1 aliphatic rings. The first-order valence-electron chi connectivity index (χ1n) is 13.6. The Balaban J connectivity index is 2.00. The Morgan fingerprint density at radius 2 is 1.95 bits per heavy atom. The summed E-state index contributed by atoms with van der Waals surface area (Å²) < 4.78 is 5.51. The van der Waals surface area contributed by atoms with Crippen molar-refractivity contribution < 1.29 is 19.1 Å². The highest BCUT2D eigenvalue weighted by molar-refractivity contribution is 6.30. The first-order valence-corrected chi connectivity index (χ1v) is 14.0. The molecule has 1 aromatic carbocycles. The van der Waals surface area contributed by atoms with E-state index in [1.807, 2.05) is 45.9 Å². The van der Waals surface area contributed by atoms with Gasteiger partial charge < -0.3 is 20.7 Å². The molecule has 0 saturated carbocycles. The van der Waals surface area contributed by atoms with E-state index in [0.717, 1.165) is 37.7 Å². The van der Waals surface area contributed by atoms with Crippen LogP contribution in [0.1, 0.15) is 91.5 Å². The maximum Gasteiger partial charge on any atom is 0.407 e. The molecule has 1 fully saturated rings. The zero-order valence-electron chi connectivity index (χ0n) is 23.4. The van der Waals surface area contributed by atoms with Crippen molar-refractivity contribution in [3.8, 4) is 6.07 Å². The highest BCUT2D eigenvalue weighted by atomic mass is 35.5. The molecule has 0 bridgehead atoms. The second-order valence-corrected chi connectivity index (χ2v) is 12.0. The van der Waals surface area contributed by atoms with Gasteiger partial charge in [-0.3, -0.25) is 9.59 Å². The number of hydrogen-bond acceptors (Lipinski definition) is 5. The Morgan fingerprint density at radius 1 is 1.24 bits per heavy atom. The third kappa shape index (κ3) is 10.2. The SMILES string of the molecule is CCCCCCC[C@H](NC(=O)OCC(C)(C)c1cccc(Cl)c1)C(=O)N[C@H](C#N)CC1CC(C)(C)NC1=O. The van der Waals surface area contributed by atoms with Gasteiger partial charge in [0.25, 0.3) is 0 Å². The summed E-state index contributed by atoms with van der Waals surface area (Å²) in [5.74, 6) is -0.911. The van der Waals surface area contributed by atoms with Crippen LogP contribution in [0.25, 0.3) is 0 Å².